The van der Waals surface area contributed by atoms with Crippen molar-refractivity contribution in [3.05, 3.63) is 34.4 Å². The lowest BCUT2D eigenvalue weighted by molar-refractivity contribution is -0.384. The van der Waals surface area contributed by atoms with Crippen LogP contribution in [0.25, 0.3) is 0 Å². The fourth-order valence-electron chi connectivity index (χ4n) is 3.29. The lowest BCUT2D eigenvalue weighted by Gasteiger charge is -2.07. The Bertz CT molecular complexity index is 658. The van der Waals surface area contributed by atoms with E-state index in [1.54, 1.807) is 0 Å². The Morgan fingerprint density at radius 2 is 1.17 bits per heavy atom. The highest BCUT2D eigenvalue weighted by atomic mass is 32.2. The smallest absolute Gasteiger partial charge is 0.309 e. The second-order valence-corrected chi connectivity index (χ2v) is 9.38. The Kier molecular flexibility index (Phi) is 13.4. The number of nitrogens with zero attached hydrogens (tertiary/aromatic N) is 1. The van der Waals surface area contributed by atoms with Crippen molar-refractivity contribution in [2.45, 2.75) is 96.8 Å². The van der Waals surface area contributed by atoms with E-state index in [0.29, 0.717) is 6.42 Å². The zero-order chi connectivity index (χ0) is 21.4. The molecule has 0 bridgehead atoms. The van der Waals surface area contributed by atoms with Crippen molar-refractivity contribution in [2.75, 3.05) is 5.75 Å². The molecule has 0 atom stereocenters. The monoisotopic (exact) mass is 427 g/mol. The van der Waals surface area contributed by atoms with E-state index in [4.69, 9.17) is 4.18 Å². The maximum absolute atomic E-state index is 12.0. The third kappa shape index (κ3) is 13.3. The molecule has 7 heteroatoms. The van der Waals surface area contributed by atoms with Crippen LogP contribution in [0.1, 0.15) is 96.8 Å². The first-order chi connectivity index (χ1) is 13.9. The van der Waals surface area contributed by atoms with Crippen LogP contribution in [-0.4, -0.2) is 19.1 Å². The van der Waals surface area contributed by atoms with E-state index in [9.17, 15) is 18.5 Å². The summed E-state index contributed by atoms with van der Waals surface area (Å²) in [5.41, 5.74) is -0.0956. The summed E-state index contributed by atoms with van der Waals surface area (Å²) >= 11 is 0. The van der Waals surface area contributed by atoms with E-state index in [2.05, 4.69) is 6.92 Å². The minimum absolute atomic E-state index is 0.0258. The molecule has 1 rings (SSSR count). The molecule has 0 aromatic heterocycles. The van der Waals surface area contributed by atoms with Gasteiger partial charge in [0.2, 0.25) is 0 Å². The largest absolute Gasteiger partial charge is 0.382 e. The zero-order valence-corrected chi connectivity index (χ0v) is 18.6. The molecular weight excluding hydrogens is 390 g/mol. The molecule has 0 spiro atoms. The van der Waals surface area contributed by atoms with Crippen molar-refractivity contribution < 1.29 is 17.5 Å². The maximum atomic E-state index is 12.0. The fourth-order valence-corrected chi connectivity index (χ4v) is 4.33. The van der Waals surface area contributed by atoms with E-state index in [1.807, 2.05) is 0 Å². The van der Waals surface area contributed by atoms with Gasteiger partial charge in [0.15, 0.2) is 0 Å². The standard InChI is InChI=1S/C22H37NO5S/c1-2-3-4-5-6-7-8-9-10-11-12-13-14-15-20-29(26,27)28-22-18-16-21(17-19-22)23(24)25/h16-19H,2-15,20H2,1H3. The van der Waals surface area contributed by atoms with Crippen molar-refractivity contribution in [3.63, 3.8) is 0 Å². The van der Waals surface area contributed by atoms with Crippen LogP contribution in [0.3, 0.4) is 0 Å². The van der Waals surface area contributed by atoms with Crippen molar-refractivity contribution in [2.24, 2.45) is 0 Å². The summed E-state index contributed by atoms with van der Waals surface area (Å²) < 4.78 is 29.0. The normalized spacial score (nSPS) is 11.5. The number of rotatable bonds is 18. The van der Waals surface area contributed by atoms with E-state index in [1.165, 1.54) is 88.5 Å². The minimum atomic E-state index is -3.65. The second-order valence-electron chi connectivity index (χ2n) is 7.69. The van der Waals surface area contributed by atoms with Gasteiger partial charge in [-0.15, -0.1) is 0 Å². The van der Waals surface area contributed by atoms with E-state index >= 15 is 0 Å². The molecule has 6 nitrogen and oxygen atoms in total. The van der Waals surface area contributed by atoms with Gasteiger partial charge in [0.25, 0.3) is 5.69 Å². The molecular formula is C22H37NO5S. The third-order valence-electron chi connectivity index (χ3n) is 5.02. The SMILES string of the molecule is CCCCCCCCCCCCCCCCS(=O)(=O)Oc1ccc([N+](=O)[O-])cc1. The first-order valence-electron chi connectivity index (χ1n) is 11.1. The molecule has 1 aromatic carbocycles. The van der Waals surface area contributed by atoms with Crippen LogP contribution in [0.5, 0.6) is 5.75 Å². The summed E-state index contributed by atoms with van der Waals surface area (Å²) in [6.07, 6.45) is 17.0. The summed E-state index contributed by atoms with van der Waals surface area (Å²) in [4.78, 5) is 10.1. The number of nitro groups is 1. The lowest BCUT2D eigenvalue weighted by atomic mass is 10.0. The van der Waals surface area contributed by atoms with Crippen molar-refractivity contribution in [1.82, 2.24) is 0 Å². The Balaban J connectivity index is 2.00. The Labute approximate surface area is 176 Å². The van der Waals surface area contributed by atoms with Gasteiger partial charge in [0, 0.05) is 12.1 Å². The molecule has 0 aliphatic carbocycles. The molecule has 0 fully saturated rings. The van der Waals surface area contributed by atoms with Gasteiger partial charge in [-0.3, -0.25) is 10.1 Å². The van der Waals surface area contributed by atoms with Gasteiger partial charge in [0.05, 0.1) is 10.7 Å². The van der Waals surface area contributed by atoms with Crippen LogP contribution in [0.15, 0.2) is 24.3 Å². The number of nitro benzene ring substituents is 1. The number of unbranched alkanes of at least 4 members (excludes halogenated alkanes) is 13. The molecule has 0 radical (unpaired) electrons. The Hall–Kier alpha value is -1.63. The molecule has 0 unspecified atom stereocenters. The van der Waals surface area contributed by atoms with Gasteiger partial charge >= 0.3 is 10.1 Å². The fraction of sp³-hybridized carbons (Fsp3) is 0.727. The Morgan fingerprint density at radius 1 is 0.759 bits per heavy atom. The highest BCUT2D eigenvalue weighted by Gasteiger charge is 2.13. The van der Waals surface area contributed by atoms with Crippen LogP contribution < -0.4 is 4.18 Å². The van der Waals surface area contributed by atoms with Gasteiger partial charge in [0.1, 0.15) is 5.75 Å². The minimum Gasteiger partial charge on any atom is -0.382 e. The molecule has 0 saturated carbocycles. The second kappa shape index (κ2) is 15.2. The van der Waals surface area contributed by atoms with E-state index < -0.39 is 15.0 Å². The van der Waals surface area contributed by atoms with Crippen molar-refractivity contribution in [3.8, 4) is 5.75 Å². The van der Waals surface area contributed by atoms with Gasteiger partial charge in [-0.05, 0) is 18.6 Å². The van der Waals surface area contributed by atoms with Crippen molar-refractivity contribution >= 4 is 15.8 Å². The van der Waals surface area contributed by atoms with Crippen LogP contribution >= 0.6 is 0 Å². The highest BCUT2D eigenvalue weighted by Crippen LogP contribution is 2.19. The van der Waals surface area contributed by atoms with E-state index in [-0.39, 0.29) is 17.2 Å². The quantitative estimate of drug-likeness (QED) is 0.111. The van der Waals surface area contributed by atoms with Gasteiger partial charge < -0.3 is 4.18 Å². The van der Waals surface area contributed by atoms with Crippen LogP contribution in [-0.2, 0) is 10.1 Å². The molecule has 0 N–H and O–H groups in total. The number of hydrogen-bond acceptors (Lipinski definition) is 5. The van der Waals surface area contributed by atoms with E-state index in [0.717, 1.165) is 19.3 Å². The molecule has 1 aromatic rings. The molecule has 166 valence electrons. The molecule has 0 amide bonds. The highest BCUT2D eigenvalue weighted by molar-refractivity contribution is 7.87. The predicted molar refractivity (Wildman–Crippen MR) is 118 cm³/mol. The van der Waals surface area contributed by atoms with Crippen LogP contribution in [0.4, 0.5) is 5.69 Å². The van der Waals surface area contributed by atoms with Crippen LogP contribution in [0.2, 0.25) is 0 Å². The number of non-ortho nitro benzene ring substituents is 1. The number of hydrogen-bond donors (Lipinski definition) is 0. The third-order valence-corrected chi connectivity index (χ3v) is 6.25. The molecule has 29 heavy (non-hydrogen) atoms. The van der Waals surface area contributed by atoms with Gasteiger partial charge in [-0.25, -0.2) is 0 Å². The molecule has 0 saturated heterocycles. The summed E-state index contributed by atoms with van der Waals surface area (Å²) in [5.74, 6) is 0.0862. The van der Waals surface area contributed by atoms with Gasteiger partial charge in [-0.2, -0.15) is 8.42 Å². The average molecular weight is 428 g/mol. The average Bonchev–Trinajstić information content (AvgIpc) is 2.68. The lowest BCUT2D eigenvalue weighted by Crippen LogP contribution is -2.13. The molecule has 0 aliphatic heterocycles. The molecule has 0 aliphatic rings. The van der Waals surface area contributed by atoms with Gasteiger partial charge in [-0.1, -0.05) is 90.4 Å². The summed E-state index contributed by atoms with van der Waals surface area (Å²) in [5, 5.41) is 10.6. The summed E-state index contributed by atoms with van der Waals surface area (Å²) in [6, 6.07) is 5.08. The zero-order valence-electron chi connectivity index (χ0n) is 17.8. The predicted octanol–water partition coefficient (Wildman–Crippen LogP) is 6.78. The summed E-state index contributed by atoms with van der Waals surface area (Å²) in [7, 11) is -3.65. The number of benzene rings is 1. The van der Waals surface area contributed by atoms with Crippen molar-refractivity contribution in [1.29, 1.82) is 0 Å². The first-order valence-corrected chi connectivity index (χ1v) is 12.7. The Morgan fingerprint density at radius 3 is 1.59 bits per heavy atom. The molecule has 0 heterocycles. The summed E-state index contributed by atoms with van der Waals surface area (Å²) in [6.45, 7) is 2.24. The first kappa shape index (κ1) is 25.4. The topological polar surface area (TPSA) is 86.5 Å². The van der Waals surface area contributed by atoms with Crippen LogP contribution in [0, 0.1) is 10.1 Å². The maximum Gasteiger partial charge on any atom is 0.309 e.